The van der Waals surface area contributed by atoms with Crippen LogP contribution in [0.25, 0.3) is 5.57 Å². The summed E-state index contributed by atoms with van der Waals surface area (Å²) >= 11 is 1.74. The molecule has 0 spiro atoms. The van der Waals surface area contributed by atoms with E-state index in [9.17, 15) is 9.90 Å². The minimum atomic E-state index is -0.686. The summed E-state index contributed by atoms with van der Waals surface area (Å²) in [6.45, 7) is 9.94. The molecule has 1 unspecified atom stereocenters. The lowest BCUT2D eigenvalue weighted by atomic mass is 9.87. The number of thioether (sulfide) groups is 1. The van der Waals surface area contributed by atoms with Crippen LogP contribution in [0.2, 0.25) is 0 Å². The van der Waals surface area contributed by atoms with Crippen LogP contribution in [0.1, 0.15) is 47.6 Å². The summed E-state index contributed by atoms with van der Waals surface area (Å²) in [5, 5.41) is 10.8. The van der Waals surface area contributed by atoms with E-state index in [0.717, 1.165) is 28.0 Å². The summed E-state index contributed by atoms with van der Waals surface area (Å²) in [7, 11) is 0. The molecule has 2 aromatic carbocycles. The number of aliphatic hydroxyl groups excluding tert-OH is 1. The third-order valence-corrected chi connectivity index (χ3v) is 6.23. The van der Waals surface area contributed by atoms with E-state index in [1.807, 2.05) is 39.8 Å². The Morgan fingerprint density at radius 3 is 2.21 bits per heavy atom. The number of aryl methyl sites for hydroxylation is 4. The third-order valence-electron chi connectivity index (χ3n) is 5.22. The fourth-order valence-electron chi connectivity index (χ4n) is 3.85. The highest BCUT2D eigenvalue weighted by Crippen LogP contribution is 2.38. The summed E-state index contributed by atoms with van der Waals surface area (Å²) in [6.07, 6.45) is 1.02. The van der Waals surface area contributed by atoms with Gasteiger partial charge in [0.1, 0.15) is 16.9 Å². The molecule has 148 valence electrons. The van der Waals surface area contributed by atoms with Gasteiger partial charge in [0.2, 0.25) is 0 Å². The highest BCUT2D eigenvalue weighted by molar-refractivity contribution is 7.99. The average Bonchev–Trinajstić information content (AvgIpc) is 2.58. The Kier molecular flexibility index (Phi) is 5.90. The molecule has 0 aliphatic carbocycles. The van der Waals surface area contributed by atoms with E-state index in [4.69, 9.17) is 4.74 Å². The number of benzene rings is 2. The average molecular weight is 397 g/mol. The maximum Gasteiger partial charge on any atom is 0.342 e. The van der Waals surface area contributed by atoms with E-state index in [1.54, 1.807) is 11.8 Å². The quantitative estimate of drug-likeness (QED) is 0.492. The van der Waals surface area contributed by atoms with Gasteiger partial charge in [0.25, 0.3) is 0 Å². The van der Waals surface area contributed by atoms with Crippen molar-refractivity contribution in [3.63, 3.8) is 0 Å². The van der Waals surface area contributed by atoms with Crippen LogP contribution >= 0.6 is 11.8 Å². The lowest BCUT2D eigenvalue weighted by Gasteiger charge is -2.34. The van der Waals surface area contributed by atoms with Gasteiger partial charge in [-0.25, -0.2) is 4.79 Å². The molecule has 2 aromatic rings. The number of cyclic esters (lactones) is 1. The Hall–Kier alpha value is -2.20. The molecule has 1 heterocycles. The van der Waals surface area contributed by atoms with E-state index in [2.05, 4.69) is 31.2 Å². The highest BCUT2D eigenvalue weighted by atomic mass is 32.2. The van der Waals surface area contributed by atoms with Gasteiger partial charge in [-0.1, -0.05) is 35.4 Å². The second-order valence-corrected chi connectivity index (χ2v) is 9.19. The Bertz CT molecular complexity index is 904. The molecule has 1 aliphatic heterocycles. The van der Waals surface area contributed by atoms with Crippen LogP contribution < -0.4 is 0 Å². The molecule has 1 atom stereocenters. The van der Waals surface area contributed by atoms with Gasteiger partial charge < -0.3 is 9.84 Å². The molecule has 0 fully saturated rings. The second-order valence-electron chi connectivity index (χ2n) is 8.02. The zero-order valence-electron chi connectivity index (χ0n) is 17.3. The van der Waals surface area contributed by atoms with Crippen LogP contribution in [-0.4, -0.2) is 22.4 Å². The number of carbonyl (C=O) groups excluding carboxylic acids is 1. The maximum atomic E-state index is 12.8. The SMILES string of the molecule is Cc1ccc(SCCC2(C)CC(O)=C(c3c(C)cc(C)cc3C)C(=O)O2)cc1. The molecule has 1 aliphatic rings. The van der Waals surface area contributed by atoms with Crippen LogP contribution in [0.15, 0.2) is 47.1 Å². The summed E-state index contributed by atoms with van der Waals surface area (Å²) in [6, 6.07) is 12.5. The van der Waals surface area contributed by atoms with Gasteiger partial charge in [0, 0.05) is 17.1 Å². The molecular formula is C24H28O3S. The van der Waals surface area contributed by atoms with Crippen molar-refractivity contribution in [1.29, 1.82) is 0 Å². The predicted octanol–water partition coefficient (Wildman–Crippen LogP) is 6.08. The van der Waals surface area contributed by atoms with Crippen LogP contribution in [0.4, 0.5) is 0 Å². The molecule has 0 bridgehead atoms. The van der Waals surface area contributed by atoms with Gasteiger partial charge in [-0.05, 0) is 69.9 Å². The zero-order valence-corrected chi connectivity index (χ0v) is 18.1. The molecule has 3 nitrogen and oxygen atoms in total. The molecule has 0 saturated carbocycles. The van der Waals surface area contributed by atoms with Crippen LogP contribution in [0.3, 0.4) is 0 Å². The normalized spacial score (nSPS) is 19.7. The monoisotopic (exact) mass is 396 g/mol. The topological polar surface area (TPSA) is 46.5 Å². The number of hydrogen-bond acceptors (Lipinski definition) is 4. The van der Waals surface area contributed by atoms with Crippen LogP contribution in [0.5, 0.6) is 0 Å². The molecule has 0 radical (unpaired) electrons. The first-order valence-corrected chi connectivity index (χ1v) is 10.6. The number of esters is 1. The first-order chi connectivity index (χ1) is 13.2. The maximum absolute atomic E-state index is 12.8. The van der Waals surface area contributed by atoms with Crippen molar-refractivity contribution in [2.75, 3.05) is 5.75 Å². The standard InChI is InChI=1S/C24H28O3S/c1-15-6-8-19(9-7-15)28-11-10-24(5)14-20(25)22(23(26)27-24)21-17(3)12-16(2)13-18(21)4/h6-9,12-13,25H,10-11,14H2,1-5H3. The first kappa shape index (κ1) is 20.5. The molecule has 0 aromatic heterocycles. The Morgan fingerprint density at radius 1 is 1.04 bits per heavy atom. The smallest absolute Gasteiger partial charge is 0.342 e. The number of carbonyl (C=O) groups is 1. The number of rotatable bonds is 5. The van der Waals surface area contributed by atoms with E-state index in [1.165, 1.54) is 10.5 Å². The summed E-state index contributed by atoms with van der Waals surface area (Å²) in [5.41, 5.74) is 4.77. The van der Waals surface area contributed by atoms with E-state index >= 15 is 0 Å². The van der Waals surface area contributed by atoms with Crippen molar-refractivity contribution in [2.45, 2.75) is 58.0 Å². The molecule has 28 heavy (non-hydrogen) atoms. The van der Waals surface area contributed by atoms with Crippen LogP contribution in [-0.2, 0) is 9.53 Å². The number of aliphatic hydroxyl groups is 1. The fourth-order valence-corrected chi connectivity index (χ4v) is 4.95. The molecule has 4 heteroatoms. The van der Waals surface area contributed by atoms with Crippen molar-refractivity contribution in [3.8, 4) is 0 Å². The molecule has 0 amide bonds. The van der Waals surface area contributed by atoms with Gasteiger partial charge in [-0.15, -0.1) is 11.8 Å². The number of hydrogen-bond donors (Lipinski definition) is 1. The van der Waals surface area contributed by atoms with Gasteiger partial charge in [0.05, 0.1) is 0 Å². The largest absolute Gasteiger partial charge is 0.511 e. The van der Waals surface area contributed by atoms with Gasteiger partial charge >= 0.3 is 5.97 Å². The minimum absolute atomic E-state index is 0.133. The van der Waals surface area contributed by atoms with Gasteiger partial charge in [-0.3, -0.25) is 0 Å². The van der Waals surface area contributed by atoms with Crippen molar-refractivity contribution >= 4 is 23.3 Å². The summed E-state index contributed by atoms with van der Waals surface area (Å²) in [4.78, 5) is 14.0. The number of ether oxygens (including phenoxy) is 1. The Labute approximate surface area is 171 Å². The van der Waals surface area contributed by atoms with Crippen LogP contribution in [0, 0.1) is 27.7 Å². The zero-order chi connectivity index (χ0) is 20.5. The van der Waals surface area contributed by atoms with E-state index in [-0.39, 0.29) is 5.76 Å². The van der Waals surface area contributed by atoms with Crippen molar-refractivity contribution in [3.05, 3.63) is 70.0 Å². The summed E-state index contributed by atoms with van der Waals surface area (Å²) < 4.78 is 5.84. The van der Waals surface area contributed by atoms with Crippen molar-refractivity contribution in [1.82, 2.24) is 0 Å². The fraction of sp³-hybridized carbons (Fsp3) is 0.375. The van der Waals surface area contributed by atoms with Gasteiger partial charge in [-0.2, -0.15) is 0 Å². The molecule has 1 N–H and O–H groups in total. The third kappa shape index (κ3) is 4.44. The van der Waals surface area contributed by atoms with Crippen molar-refractivity contribution in [2.24, 2.45) is 0 Å². The Morgan fingerprint density at radius 2 is 1.64 bits per heavy atom. The molecule has 0 saturated heterocycles. The molecule has 3 rings (SSSR count). The summed E-state index contributed by atoms with van der Waals surface area (Å²) in [5.74, 6) is 0.522. The second kappa shape index (κ2) is 8.04. The lowest BCUT2D eigenvalue weighted by molar-refractivity contribution is -0.153. The predicted molar refractivity (Wildman–Crippen MR) is 116 cm³/mol. The van der Waals surface area contributed by atoms with Gasteiger partial charge in [0.15, 0.2) is 0 Å². The van der Waals surface area contributed by atoms with E-state index < -0.39 is 11.6 Å². The highest BCUT2D eigenvalue weighted by Gasteiger charge is 2.39. The van der Waals surface area contributed by atoms with Crippen molar-refractivity contribution < 1.29 is 14.6 Å². The lowest BCUT2D eigenvalue weighted by Crippen LogP contribution is -2.37. The minimum Gasteiger partial charge on any atom is -0.511 e. The first-order valence-electron chi connectivity index (χ1n) is 9.62. The van der Waals surface area contributed by atoms with E-state index in [0.29, 0.717) is 18.4 Å². The molecular weight excluding hydrogens is 368 g/mol. The Balaban J connectivity index is 1.76.